The van der Waals surface area contributed by atoms with E-state index in [9.17, 15) is 13.6 Å². The molecule has 0 aromatic carbocycles. The summed E-state index contributed by atoms with van der Waals surface area (Å²) >= 11 is 2.00. The topological polar surface area (TPSA) is 58.2 Å². The van der Waals surface area contributed by atoms with Crippen LogP contribution in [0.1, 0.15) is 39.1 Å². The molecule has 1 N–H and O–H groups in total. The summed E-state index contributed by atoms with van der Waals surface area (Å²) in [5, 5.41) is 0. The molecule has 20 heavy (non-hydrogen) atoms. The zero-order chi connectivity index (χ0) is 15.1. The molecular formula is C12H16F2IN3O2. The third kappa shape index (κ3) is 3.58. The summed E-state index contributed by atoms with van der Waals surface area (Å²) in [5.41, 5.74) is -0.725. The lowest BCUT2D eigenvalue weighted by atomic mass is 10.2. The maximum Gasteiger partial charge on any atom is 0.411 e. The Morgan fingerprint density at radius 3 is 2.75 bits per heavy atom. The van der Waals surface area contributed by atoms with Crippen molar-refractivity contribution >= 4 is 28.7 Å². The number of amides is 1. The molecule has 1 amide bonds. The van der Waals surface area contributed by atoms with Crippen molar-refractivity contribution < 1.29 is 18.3 Å². The number of nitrogens with one attached hydrogen (secondary N) is 1. The zero-order valence-corrected chi connectivity index (χ0v) is 13.6. The summed E-state index contributed by atoms with van der Waals surface area (Å²) in [6.07, 6.45) is 0.348. The second kappa shape index (κ2) is 5.12. The van der Waals surface area contributed by atoms with Gasteiger partial charge in [-0.2, -0.15) is 0 Å². The van der Waals surface area contributed by atoms with E-state index in [0.717, 1.165) is 8.60 Å². The normalized spacial score (nSPS) is 22.1. The molecule has 1 atom stereocenters. The fourth-order valence-corrected chi connectivity index (χ4v) is 2.47. The van der Waals surface area contributed by atoms with Crippen LogP contribution in [-0.2, 0) is 4.74 Å². The fourth-order valence-electron chi connectivity index (χ4n) is 2.06. The highest BCUT2D eigenvalue weighted by atomic mass is 127. The number of rotatable bonds is 1. The third-order valence-electron chi connectivity index (χ3n) is 2.78. The summed E-state index contributed by atoms with van der Waals surface area (Å²) in [7, 11) is 0. The molecule has 0 radical (unpaired) electrons. The molecule has 112 valence electrons. The van der Waals surface area contributed by atoms with Gasteiger partial charge in [0.05, 0.1) is 22.5 Å². The first-order valence-electron chi connectivity index (χ1n) is 6.15. The predicted molar refractivity (Wildman–Crippen MR) is 76.5 cm³/mol. The molecule has 1 aliphatic heterocycles. The van der Waals surface area contributed by atoms with E-state index in [1.165, 1.54) is 0 Å². The second-order valence-electron chi connectivity index (χ2n) is 5.80. The van der Waals surface area contributed by atoms with Crippen molar-refractivity contribution in [3.8, 4) is 0 Å². The van der Waals surface area contributed by atoms with Crippen LogP contribution in [0.4, 0.5) is 13.6 Å². The smallest absolute Gasteiger partial charge is 0.411 e. The fraction of sp³-hybridized carbons (Fsp3) is 0.667. The lowest BCUT2D eigenvalue weighted by Crippen LogP contribution is -2.38. The van der Waals surface area contributed by atoms with Gasteiger partial charge in [0.15, 0.2) is 0 Å². The molecule has 1 saturated heterocycles. The van der Waals surface area contributed by atoms with Crippen LogP contribution in [0.2, 0.25) is 0 Å². The number of hydrogen-bond donors (Lipinski definition) is 1. The van der Waals surface area contributed by atoms with Gasteiger partial charge in [-0.15, -0.1) is 0 Å². The van der Waals surface area contributed by atoms with Crippen molar-refractivity contribution in [3.05, 3.63) is 15.7 Å². The molecular weight excluding hydrogens is 383 g/mol. The second-order valence-corrected chi connectivity index (χ2v) is 6.96. The van der Waals surface area contributed by atoms with Gasteiger partial charge in [0, 0.05) is 6.42 Å². The van der Waals surface area contributed by atoms with Gasteiger partial charge in [0.2, 0.25) is 0 Å². The van der Waals surface area contributed by atoms with Crippen LogP contribution in [0.5, 0.6) is 0 Å². The molecule has 8 heteroatoms. The van der Waals surface area contributed by atoms with Crippen LogP contribution >= 0.6 is 22.6 Å². The molecule has 0 unspecified atom stereocenters. The minimum atomic E-state index is -2.93. The molecule has 0 saturated carbocycles. The first kappa shape index (κ1) is 15.5. The number of imidazole rings is 1. The highest BCUT2D eigenvalue weighted by molar-refractivity contribution is 14.1. The van der Waals surface area contributed by atoms with E-state index in [1.807, 2.05) is 22.6 Å². The van der Waals surface area contributed by atoms with E-state index in [1.54, 1.807) is 27.0 Å². The average molecular weight is 399 g/mol. The van der Waals surface area contributed by atoms with Gasteiger partial charge in [-0.1, -0.05) is 0 Å². The summed E-state index contributed by atoms with van der Waals surface area (Å²) in [6.45, 7) is 4.45. The van der Waals surface area contributed by atoms with Gasteiger partial charge >= 0.3 is 6.09 Å². The standard InChI is InChI=1S/C12H16F2IN3O2/c1-11(2,3)20-10(19)18-6-12(13,14)4-7(18)9-16-5-8(15)17-9/h5,7H,4,6H2,1-3H3,(H,16,17)/t7-/m0/s1. The number of H-pyrrole nitrogens is 1. The highest BCUT2D eigenvalue weighted by Gasteiger charge is 2.49. The number of carbonyl (C=O) groups is 1. The van der Waals surface area contributed by atoms with Gasteiger partial charge in [-0.3, -0.25) is 4.90 Å². The van der Waals surface area contributed by atoms with Crippen LogP contribution in [0.3, 0.4) is 0 Å². The Bertz CT molecular complexity index is 513. The molecule has 1 aliphatic rings. The van der Waals surface area contributed by atoms with Gasteiger partial charge in [0.1, 0.15) is 11.4 Å². The summed E-state index contributed by atoms with van der Waals surface area (Å²) in [4.78, 5) is 20.1. The molecule has 0 spiro atoms. The Labute approximate surface area is 129 Å². The number of aromatic nitrogens is 2. The number of nitrogens with zero attached hydrogens (tertiary/aromatic N) is 2. The van der Waals surface area contributed by atoms with Crippen LogP contribution < -0.4 is 0 Å². The Kier molecular flexibility index (Phi) is 3.96. The van der Waals surface area contributed by atoms with E-state index in [4.69, 9.17) is 4.74 Å². The van der Waals surface area contributed by atoms with E-state index in [-0.39, 0.29) is 0 Å². The Hall–Kier alpha value is -0.930. The van der Waals surface area contributed by atoms with Gasteiger partial charge in [0.25, 0.3) is 5.92 Å². The third-order valence-corrected chi connectivity index (χ3v) is 3.33. The Morgan fingerprint density at radius 1 is 1.60 bits per heavy atom. The average Bonchev–Trinajstić information content (AvgIpc) is 2.79. The first-order valence-corrected chi connectivity index (χ1v) is 7.23. The number of aromatic amines is 1. The lowest BCUT2D eigenvalue weighted by molar-refractivity contribution is -0.00248. The summed E-state index contributed by atoms with van der Waals surface area (Å²) < 4.78 is 33.2. The minimum Gasteiger partial charge on any atom is -0.444 e. The van der Waals surface area contributed by atoms with Crippen molar-refractivity contribution in [2.24, 2.45) is 0 Å². The zero-order valence-electron chi connectivity index (χ0n) is 11.4. The van der Waals surface area contributed by atoms with Crippen molar-refractivity contribution in [3.63, 3.8) is 0 Å². The number of alkyl halides is 2. The number of ether oxygens (including phenoxy) is 1. The van der Waals surface area contributed by atoms with Crippen LogP contribution in [-0.4, -0.2) is 39.0 Å². The number of likely N-dealkylation sites (tertiary alicyclic amines) is 1. The van der Waals surface area contributed by atoms with Crippen molar-refractivity contribution in [1.29, 1.82) is 0 Å². The molecule has 1 aromatic heterocycles. The number of carbonyl (C=O) groups excluding carboxylic acids is 1. The predicted octanol–water partition coefficient (Wildman–Crippen LogP) is 3.33. The van der Waals surface area contributed by atoms with Crippen molar-refractivity contribution in [1.82, 2.24) is 14.9 Å². The van der Waals surface area contributed by atoms with Gasteiger partial charge in [-0.25, -0.2) is 18.6 Å². The van der Waals surface area contributed by atoms with Crippen molar-refractivity contribution in [2.75, 3.05) is 6.54 Å². The molecule has 2 rings (SSSR count). The number of hydrogen-bond acceptors (Lipinski definition) is 3. The van der Waals surface area contributed by atoms with E-state index >= 15 is 0 Å². The minimum absolute atomic E-state index is 0.359. The summed E-state index contributed by atoms with van der Waals surface area (Å²) in [5.74, 6) is -2.57. The highest BCUT2D eigenvalue weighted by Crippen LogP contribution is 2.40. The first-order chi connectivity index (χ1) is 9.07. The SMILES string of the molecule is CC(C)(C)OC(=O)N1CC(F)(F)C[C@H]1c1ncc(I)[nH]1. The Morgan fingerprint density at radius 2 is 2.25 bits per heavy atom. The van der Waals surface area contributed by atoms with Crippen LogP contribution in [0, 0.1) is 3.70 Å². The molecule has 0 aliphatic carbocycles. The maximum atomic E-state index is 13.6. The molecule has 5 nitrogen and oxygen atoms in total. The monoisotopic (exact) mass is 399 g/mol. The van der Waals surface area contributed by atoms with Gasteiger partial charge < -0.3 is 9.72 Å². The quantitative estimate of drug-likeness (QED) is 0.738. The summed E-state index contributed by atoms with van der Waals surface area (Å²) in [6, 6.07) is -0.789. The van der Waals surface area contributed by atoms with Crippen molar-refractivity contribution in [2.45, 2.75) is 44.8 Å². The van der Waals surface area contributed by atoms with Gasteiger partial charge in [-0.05, 0) is 43.4 Å². The Balaban J connectivity index is 2.22. The van der Waals surface area contributed by atoms with Crippen LogP contribution in [0.25, 0.3) is 0 Å². The van der Waals surface area contributed by atoms with E-state index < -0.39 is 36.6 Å². The molecule has 0 bridgehead atoms. The maximum absolute atomic E-state index is 13.6. The van der Waals surface area contributed by atoms with E-state index in [0.29, 0.717) is 5.82 Å². The molecule has 1 fully saturated rings. The largest absolute Gasteiger partial charge is 0.444 e. The number of halogens is 3. The van der Waals surface area contributed by atoms with E-state index in [2.05, 4.69) is 9.97 Å². The molecule has 2 heterocycles. The van der Waals surface area contributed by atoms with Crippen LogP contribution in [0.15, 0.2) is 6.20 Å². The lowest BCUT2D eigenvalue weighted by Gasteiger charge is -2.27. The molecule has 1 aromatic rings.